The molecule has 0 atom stereocenters. The lowest BCUT2D eigenvalue weighted by Gasteiger charge is -2.29. The molecule has 13 heteroatoms. The standard InChI is InChI=1S/C19H23N5O2S.C2HF3O2/c1-2-27(25,26)23-12-10-15(11-13-23)19-21-18-9-8-17(14-24(18)22-19)20-16-6-4-3-5-7-16;3-2(4,5)1(6)7/h3-9,14-15,20H,2,10-13H2,1H3;(H,6,7). The molecule has 4 rings (SSSR count). The fraction of sp³-hybridized carbons (Fsp3) is 0.381. The van der Waals surface area contributed by atoms with Crippen molar-refractivity contribution in [3.05, 3.63) is 54.5 Å². The van der Waals surface area contributed by atoms with Crippen LogP contribution in [0.1, 0.15) is 31.5 Å². The number of hydrogen-bond acceptors (Lipinski definition) is 6. The zero-order chi connectivity index (χ0) is 24.9. The van der Waals surface area contributed by atoms with Gasteiger partial charge in [-0.05, 0) is 44.0 Å². The van der Waals surface area contributed by atoms with Gasteiger partial charge >= 0.3 is 12.1 Å². The van der Waals surface area contributed by atoms with Crippen molar-refractivity contribution in [3.63, 3.8) is 0 Å². The third kappa shape index (κ3) is 6.44. The second-order valence-corrected chi connectivity index (χ2v) is 9.82. The summed E-state index contributed by atoms with van der Waals surface area (Å²) in [5, 5.41) is 15.1. The van der Waals surface area contributed by atoms with E-state index in [4.69, 9.17) is 9.90 Å². The number of para-hydroxylation sites is 1. The van der Waals surface area contributed by atoms with Gasteiger partial charge in [0.05, 0.1) is 17.6 Å². The number of halogens is 3. The van der Waals surface area contributed by atoms with Gasteiger partial charge < -0.3 is 10.4 Å². The normalized spacial score (nSPS) is 15.5. The zero-order valence-electron chi connectivity index (χ0n) is 18.2. The minimum atomic E-state index is -5.08. The third-order valence-corrected chi connectivity index (χ3v) is 7.11. The van der Waals surface area contributed by atoms with Gasteiger partial charge in [0.25, 0.3) is 0 Å². The Hall–Kier alpha value is -3.19. The Kier molecular flexibility index (Phi) is 7.77. The largest absolute Gasteiger partial charge is 0.490 e. The predicted octanol–water partition coefficient (Wildman–Crippen LogP) is 3.64. The minimum absolute atomic E-state index is 0.154. The first-order chi connectivity index (χ1) is 16.0. The molecule has 1 fully saturated rings. The van der Waals surface area contributed by atoms with Crippen LogP contribution in [0.15, 0.2) is 48.7 Å². The van der Waals surface area contributed by atoms with Gasteiger partial charge in [-0.2, -0.15) is 18.3 Å². The molecule has 0 spiro atoms. The molecule has 1 saturated heterocycles. The van der Waals surface area contributed by atoms with Crippen LogP contribution in [0, 0.1) is 0 Å². The number of piperidine rings is 1. The maximum absolute atomic E-state index is 12.0. The first kappa shape index (κ1) is 25.4. The number of aromatic nitrogens is 3. The highest BCUT2D eigenvalue weighted by molar-refractivity contribution is 7.89. The number of nitrogens with one attached hydrogen (secondary N) is 1. The van der Waals surface area contributed by atoms with Gasteiger partial charge in [-0.15, -0.1) is 0 Å². The van der Waals surface area contributed by atoms with E-state index in [1.54, 1.807) is 15.7 Å². The van der Waals surface area contributed by atoms with Crippen LogP contribution in [0.5, 0.6) is 0 Å². The van der Waals surface area contributed by atoms with Crippen molar-refractivity contribution in [2.75, 3.05) is 24.2 Å². The monoisotopic (exact) mass is 499 g/mol. The van der Waals surface area contributed by atoms with Crippen molar-refractivity contribution >= 4 is 33.0 Å². The summed E-state index contributed by atoms with van der Waals surface area (Å²) in [5.74, 6) is -1.62. The summed E-state index contributed by atoms with van der Waals surface area (Å²) in [6, 6.07) is 13.9. The van der Waals surface area contributed by atoms with E-state index in [1.165, 1.54) is 0 Å². The van der Waals surface area contributed by atoms with Crippen molar-refractivity contribution in [1.82, 2.24) is 18.9 Å². The lowest BCUT2D eigenvalue weighted by molar-refractivity contribution is -0.192. The third-order valence-electron chi connectivity index (χ3n) is 5.23. The van der Waals surface area contributed by atoms with E-state index in [0.717, 1.165) is 35.7 Å². The average molecular weight is 500 g/mol. The maximum Gasteiger partial charge on any atom is 0.490 e. The van der Waals surface area contributed by atoms with Crippen molar-refractivity contribution < 1.29 is 31.5 Å². The van der Waals surface area contributed by atoms with Gasteiger partial charge in [0.15, 0.2) is 11.5 Å². The van der Waals surface area contributed by atoms with E-state index >= 15 is 0 Å². The van der Waals surface area contributed by atoms with Crippen molar-refractivity contribution in [1.29, 1.82) is 0 Å². The lowest BCUT2D eigenvalue weighted by atomic mass is 9.98. The van der Waals surface area contributed by atoms with Crippen molar-refractivity contribution in [2.24, 2.45) is 0 Å². The molecule has 184 valence electrons. The Morgan fingerprint density at radius 1 is 1.12 bits per heavy atom. The molecule has 2 aromatic heterocycles. The summed E-state index contributed by atoms with van der Waals surface area (Å²) < 4.78 is 59.1. The van der Waals surface area contributed by atoms with Gasteiger partial charge in [0.1, 0.15) is 0 Å². The molecule has 1 aliphatic rings. The van der Waals surface area contributed by atoms with Gasteiger partial charge in [-0.3, -0.25) is 0 Å². The van der Waals surface area contributed by atoms with Gasteiger partial charge in [-0.25, -0.2) is 27.0 Å². The molecule has 1 aromatic carbocycles. The summed E-state index contributed by atoms with van der Waals surface area (Å²) in [6.45, 7) is 2.76. The summed E-state index contributed by atoms with van der Waals surface area (Å²) >= 11 is 0. The molecule has 34 heavy (non-hydrogen) atoms. The molecule has 9 nitrogen and oxygen atoms in total. The predicted molar refractivity (Wildman–Crippen MR) is 119 cm³/mol. The molecular weight excluding hydrogens is 475 g/mol. The second-order valence-electron chi connectivity index (χ2n) is 7.56. The Morgan fingerprint density at radius 2 is 1.74 bits per heavy atom. The first-order valence-electron chi connectivity index (χ1n) is 10.5. The lowest BCUT2D eigenvalue weighted by Crippen LogP contribution is -2.38. The number of rotatable bonds is 5. The molecule has 0 bridgehead atoms. The summed E-state index contributed by atoms with van der Waals surface area (Å²) in [7, 11) is -3.11. The van der Waals surface area contributed by atoms with Crippen LogP contribution in [0.3, 0.4) is 0 Å². The number of carbonyl (C=O) groups is 1. The molecule has 0 amide bonds. The fourth-order valence-corrected chi connectivity index (χ4v) is 4.54. The number of aliphatic carboxylic acids is 1. The van der Waals surface area contributed by atoms with Crippen LogP contribution in [0.2, 0.25) is 0 Å². The number of carboxylic acid groups (broad SMARTS) is 1. The number of alkyl halides is 3. The number of carboxylic acids is 1. The van der Waals surface area contributed by atoms with Gasteiger partial charge in [0.2, 0.25) is 10.0 Å². The number of hydrogen-bond donors (Lipinski definition) is 2. The number of sulfonamides is 1. The summed E-state index contributed by atoms with van der Waals surface area (Å²) in [4.78, 5) is 13.5. The van der Waals surface area contributed by atoms with Gasteiger partial charge in [-0.1, -0.05) is 18.2 Å². The van der Waals surface area contributed by atoms with Crippen LogP contribution in [-0.4, -0.2) is 63.4 Å². The molecule has 1 aliphatic heterocycles. The summed E-state index contributed by atoms with van der Waals surface area (Å²) in [5.41, 5.74) is 2.75. The van der Waals surface area contributed by atoms with Crippen LogP contribution >= 0.6 is 0 Å². The Balaban J connectivity index is 0.000000406. The molecule has 2 N–H and O–H groups in total. The molecule has 3 aromatic rings. The van der Waals surface area contributed by atoms with E-state index in [1.807, 2.05) is 48.7 Å². The van der Waals surface area contributed by atoms with Crippen LogP contribution in [0.25, 0.3) is 5.65 Å². The SMILES string of the molecule is CCS(=O)(=O)N1CCC(c2nc3ccc(Nc4ccccc4)cn3n2)CC1.O=C(O)C(F)(F)F. The quantitative estimate of drug-likeness (QED) is 0.551. The smallest absolute Gasteiger partial charge is 0.475 e. The van der Waals surface area contributed by atoms with Crippen LogP contribution in [-0.2, 0) is 14.8 Å². The van der Waals surface area contributed by atoms with E-state index in [9.17, 15) is 21.6 Å². The Morgan fingerprint density at radius 3 is 2.29 bits per heavy atom. The molecule has 3 heterocycles. The first-order valence-corrected chi connectivity index (χ1v) is 12.1. The van der Waals surface area contributed by atoms with Crippen LogP contribution in [0.4, 0.5) is 24.5 Å². The topological polar surface area (TPSA) is 117 Å². The van der Waals surface area contributed by atoms with Gasteiger partial charge in [0, 0.05) is 24.7 Å². The number of fused-ring (bicyclic) bond motifs is 1. The van der Waals surface area contributed by atoms with Crippen molar-refractivity contribution in [2.45, 2.75) is 31.9 Å². The Labute approximate surface area is 194 Å². The zero-order valence-corrected chi connectivity index (χ0v) is 19.1. The average Bonchev–Trinajstić information content (AvgIpc) is 3.23. The summed E-state index contributed by atoms with van der Waals surface area (Å²) in [6.07, 6.45) is -1.65. The molecule has 0 unspecified atom stereocenters. The molecule has 0 aliphatic carbocycles. The maximum atomic E-state index is 12.0. The highest BCUT2D eigenvalue weighted by Gasteiger charge is 2.38. The van der Waals surface area contributed by atoms with E-state index in [-0.39, 0.29) is 11.7 Å². The van der Waals surface area contributed by atoms with E-state index in [0.29, 0.717) is 13.1 Å². The molecular formula is C21H24F3N5O4S. The number of anilines is 2. The number of pyridine rings is 1. The van der Waals surface area contributed by atoms with Crippen molar-refractivity contribution in [3.8, 4) is 0 Å². The highest BCUT2D eigenvalue weighted by Crippen LogP contribution is 2.28. The second kappa shape index (κ2) is 10.4. The van der Waals surface area contributed by atoms with E-state index in [2.05, 4.69) is 15.4 Å². The molecule has 0 saturated carbocycles. The van der Waals surface area contributed by atoms with Crippen LogP contribution < -0.4 is 5.32 Å². The highest BCUT2D eigenvalue weighted by atomic mass is 32.2. The fourth-order valence-electron chi connectivity index (χ4n) is 3.41. The number of nitrogens with zero attached hydrogens (tertiary/aromatic N) is 4. The Bertz CT molecular complexity index is 1220. The molecule has 0 radical (unpaired) electrons. The number of benzene rings is 1. The minimum Gasteiger partial charge on any atom is -0.475 e. The van der Waals surface area contributed by atoms with E-state index < -0.39 is 22.2 Å².